The first-order chi connectivity index (χ1) is 7.22. The molecule has 0 aliphatic heterocycles. The zero-order valence-corrected chi connectivity index (χ0v) is 9.25. The average molecular weight is 226 g/mol. The molecule has 3 nitrogen and oxygen atoms in total. The quantitative estimate of drug-likeness (QED) is 0.743. The Morgan fingerprint density at radius 3 is 3.00 bits per heavy atom. The van der Waals surface area contributed by atoms with Crippen LogP contribution in [-0.2, 0) is 4.74 Å². The van der Waals surface area contributed by atoms with Crippen molar-refractivity contribution in [2.45, 2.75) is 25.7 Å². The molecule has 0 aromatic carbocycles. The first-order valence-electron chi connectivity index (χ1n) is 5.05. The number of hydrogen-bond donors (Lipinski definition) is 0. The number of halogens is 1. The molecular weight excluding hydrogens is 214 g/mol. The van der Waals surface area contributed by atoms with Crippen molar-refractivity contribution in [1.29, 1.82) is 0 Å². The molecule has 0 saturated heterocycles. The van der Waals surface area contributed by atoms with E-state index >= 15 is 0 Å². The van der Waals surface area contributed by atoms with Gasteiger partial charge in [-0.05, 0) is 25.8 Å². The Balaban J connectivity index is 2.33. The van der Waals surface area contributed by atoms with Gasteiger partial charge in [0.2, 0.25) is 0 Å². The number of carbonyl (C=O) groups excluding carboxylic acids is 1. The molecule has 0 bridgehead atoms. The molecule has 1 heterocycles. The van der Waals surface area contributed by atoms with E-state index in [9.17, 15) is 4.79 Å². The van der Waals surface area contributed by atoms with Crippen molar-refractivity contribution >= 4 is 17.6 Å². The predicted octanol–water partition coefficient (Wildman–Crippen LogP) is 2.79. The fourth-order valence-corrected chi connectivity index (χ4v) is 1.66. The average Bonchev–Trinajstić information content (AvgIpc) is 3.01. The van der Waals surface area contributed by atoms with E-state index in [0.717, 1.165) is 18.5 Å². The highest BCUT2D eigenvalue weighted by atomic mass is 35.5. The first kappa shape index (κ1) is 10.4. The third kappa shape index (κ3) is 2.29. The van der Waals surface area contributed by atoms with Gasteiger partial charge >= 0.3 is 5.97 Å². The van der Waals surface area contributed by atoms with Crippen LogP contribution in [0.3, 0.4) is 0 Å². The maximum Gasteiger partial charge on any atom is 0.340 e. The molecule has 1 aromatic heterocycles. The lowest BCUT2D eigenvalue weighted by molar-refractivity contribution is 0.0524. The molecule has 0 N–H and O–H groups in total. The molecule has 80 valence electrons. The van der Waals surface area contributed by atoms with Crippen molar-refractivity contribution in [2.75, 3.05) is 6.61 Å². The molecule has 1 saturated carbocycles. The summed E-state index contributed by atoms with van der Waals surface area (Å²) in [6, 6.07) is 1.64. The van der Waals surface area contributed by atoms with Gasteiger partial charge < -0.3 is 4.74 Å². The second-order valence-corrected chi connectivity index (χ2v) is 4.02. The molecule has 1 aliphatic carbocycles. The van der Waals surface area contributed by atoms with E-state index in [4.69, 9.17) is 16.3 Å². The maximum atomic E-state index is 11.6. The van der Waals surface area contributed by atoms with E-state index < -0.39 is 0 Å². The van der Waals surface area contributed by atoms with E-state index in [2.05, 4.69) is 4.98 Å². The lowest BCUT2D eigenvalue weighted by atomic mass is 10.1. The first-order valence-corrected chi connectivity index (χ1v) is 5.42. The Bertz CT molecular complexity index is 388. The summed E-state index contributed by atoms with van der Waals surface area (Å²) in [5.74, 6) is 0.0936. The van der Waals surface area contributed by atoms with Crippen molar-refractivity contribution in [3.63, 3.8) is 0 Å². The van der Waals surface area contributed by atoms with Gasteiger partial charge in [-0.15, -0.1) is 0 Å². The van der Waals surface area contributed by atoms with Gasteiger partial charge in [-0.3, -0.25) is 4.98 Å². The van der Waals surface area contributed by atoms with E-state index in [1.54, 1.807) is 19.2 Å². The molecule has 0 atom stereocenters. The highest BCUT2D eigenvalue weighted by Gasteiger charge is 2.30. The molecule has 15 heavy (non-hydrogen) atoms. The van der Waals surface area contributed by atoms with Crippen LogP contribution in [0.1, 0.15) is 41.7 Å². The van der Waals surface area contributed by atoms with Crippen molar-refractivity contribution in [1.82, 2.24) is 4.98 Å². The van der Waals surface area contributed by atoms with E-state index in [0.29, 0.717) is 23.1 Å². The van der Waals surface area contributed by atoms with Gasteiger partial charge in [0.15, 0.2) is 0 Å². The van der Waals surface area contributed by atoms with Crippen LogP contribution in [0.15, 0.2) is 12.3 Å². The van der Waals surface area contributed by atoms with Gasteiger partial charge in [-0.2, -0.15) is 0 Å². The molecule has 0 spiro atoms. The molecule has 0 amide bonds. The minimum absolute atomic E-state index is 0.325. The number of nitrogens with zero attached hydrogens (tertiary/aromatic N) is 1. The molecule has 0 unspecified atom stereocenters. The SMILES string of the molecule is CCOC(=O)c1cc(Cl)cnc1C1CC1. The number of aromatic nitrogens is 1. The highest BCUT2D eigenvalue weighted by molar-refractivity contribution is 6.30. The van der Waals surface area contributed by atoms with Crippen LogP contribution in [0.5, 0.6) is 0 Å². The van der Waals surface area contributed by atoms with Crippen molar-refractivity contribution in [3.8, 4) is 0 Å². The van der Waals surface area contributed by atoms with Crippen LogP contribution in [0.2, 0.25) is 5.02 Å². The Hall–Kier alpha value is -1.09. The number of esters is 1. The summed E-state index contributed by atoms with van der Waals surface area (Å²) in [4.78, 5) is 15.8. The van der Waals surface area contributed by atoms with Gasteiger partial charge in [0.1, 0.15) is 0 Å². The van der Waals surface area contributed by atoms with Crippen LogP contribution in [0.4, 0.5) is 0 Å². The smallest absolute Gasteiger partial charge is 0.340 e. The van der Waals surface area contributed by atoms with Crippen LogP contribution < -0.4 is 0 Å². The molecule has 0 radical (unpaired) electrons. The summed E-state index contributed by atoms with van der Waals surface area (Å²) in [5.41, 5.74) is 1.35. The number of hydrogen-bond acceptors (Lipinski definition) is 3. The van der Waals surface area contributed by atoms with Gasteiger partial charge in [-0.1, -0.05) is 11.6 Å². The number of rotatable bonds is 3. The third-order valence-electron chi connectivity index (χ3n) is 2.34. The van der Waals surface area contributed by atoms with Gasteiger partial charge in [-0.25, -0.2) is 4.79 Å². The molecule has 2 rings (SSSR count). The molecule has 1 fully saturated rings. The fourth-order valence-electron chi connectivity index (χ4n) is 1.50. The van der Waals surface area contributed by atoms with E-state index in [-0.39, 0.29) is 5.97 Å². The van der Waals surface area contributed by atoms with E-state index in [1.807, 2.05) is 0 Å². The Kier molecular flexibility index (Phi) is 2.91. The zero-order chi connectivity index (χ0) is 10.8. The van der Waals surface area contributed by atoms with Crippen LogP contribution in [0.25, 0.3) is 0 Å². The summed E-state index contributed by atoms with van der Waals surface area (Å²) in [5, 5.41) is 0.474. The lowest BCUT2D eigenvalue weighted by Crippen LogP contribution is -2.09. The topological polar surface area (TPSA) is 39.2 Å². The Labute approximate surface area is 93.4 Å². The monoisotopic (exact) mass is 225 g/mol. The van der Waals surface area contributed by atoms with Gasteiger partial charge in [0.25, 0.3) is 0 Å². The molecule has 1 aromatic rings. The zero-order valence-electron chi connectivity index (χ0n) is 8.50. The van der Waals surface area contributed by atoms with Gasteiger partial charge in [0.05, 0.1) is 22.9 Å². The van der Waals surface area contributed by atoms with Crippen LogP contribution >= 0.6 is 11.6 Å². The summed E-state index contributed by atoms with van der Waals surface area (Å²) in [6.07, 6.45) is 3.78. The highest BCUT2D eigenvalue weighted by Crippen LogP contribution is 2.41. The Morgan fingerprint density at radius 1 is 1.67 bits per heavy atom. The van der Waals surface area contributed by atoms with Crippen molar-refractivity contribution < 1.29 is 9.53 Å². The van der Waals surface area contributed by atoms with Gasteiger partial charge in [0, 0.05) is 12.1 Å². The van der Waals surface area contributed by atoms with Crippen molar-refractivity contribution in [3.05, 3.63) is 28.5 Å². The molecule has 1 aliphatic rings. The second kappa shape index (κ2) is 4.19. The van der Waals surface area contributed by atoms with Crippen molar-refractivity contribution in [2.24, 2.45) is 0 Å². The molecular formula is C11H12ClNO2. The lowest BCUT2D eigenvalue weighted by Gasteiger charge is -2.07. The maximum absolute atomic E-state index is 11.6. The minimum Gasteiger partial charge on any atom is -0.462 e. The summed E-state index contributed by atoms with van der Waals surface area (Å²) in [7, 11) is 0. The second-order valence-electron chi connectivity index (χ2n) is 3.58. The summed E-state index contributed by atoms with van der Waals surface area (Å²) in [6.45, 7) is 2.15. The summed E-state index contributed by atoms with van der Waals surface area (Å²) < 4.78 is 4.96. The standard InChI is InChI=1S/C11H12ClNO2/c1-2-15-11(14)9-5-8(12)6-13-10(9)7-3-4-7/h5-7H,2-4H2,1H3. The van der Waals surface area contributed by atoms with Crippen LogP contribution in [-0.4, -0.2) is 17.6 Å². The fraction of sp³-hybridized carbons (Fsp3) is 0.455. The number of carbonyl (C=O) groups is 1. The minimum atomic E-state index is -0.325. The van der Waals surface area contributed by atoms with Crippen LogP contribution in [0, 0.1) is 0 Å². The predicted molar refractivity (Wildman–Crippen MR) is 57.2 cm³/mol. The third-order valence-corrected chi connectivity index (χ3v) is 2.55. The normalized spacial score (nSPS) is 15.1. The Morgan fingerprint density at radius 2 is 2.40 bits per heavy atom. The summed E-state index contributed by atoms with van der Waals surface area (Å²) >= 11 is 5.82. The molecule has 4 heteroatoms. The number of ether oxygens (including phenoxy) is 1. The number of pyridine rings is 1. The largest absolute Gasteiger partial charge is 0.462 e. The van der Waals surface area contributed by atoms with E-state index in [1.165, 1.54) is 0 Å².